The van der Waals surface area contributed by atoms with Gasteiger partial charge < -0.3 is 20.3 Å². The minimum absolute atomic E-state index is 0.0795. The number of amides is 8. The van der Waals surface area contributed by atoms with Crippen LogP contribution in [0.3, 0.4) is 0 Å². The fourth-order valence-corrected chi connectivity index (χ4v) is 3.95. The molecule has 0 unspecified atom stereocenters. The van der Waals surface area contributed by atoms with Gasteiger partial charge in [-0.05, 0) is 30.2 Å². The molecular weight excluding hydrogens is 458 g/mol. The number of hydrogen-bond acceptors (Lipinski definition) is 7. The number of barbiturate groups is 1. The highest BCUT2D eigenvalue weighted by atomic mass is 16.5. The molecule has 4 heterocycles. The maximum Gasteiger partial charge on any atom is 0.328 e. The van der Waals surface area contributed by atoms with Crippen LogP contribution in [0.2, 0.25) is 0 Å². The number of urea groups is 3. The molecule has 5 rings (SSSR count). The lowest BCUT2D eigenvalue weighted by atomic mass is 9.94. The van der Waals surface area contributed by atoms with Gasteiger partial charge >= 0.3 is 18.1 Å². The maximum atomic E-state index is 12.5. The van der Waals surface area contributed by atoms with Crippen molar-refractivity contribution in [1.29, 1.82) is 0 Å². The van der Waals surface area contributed by atoms with Gasteiger partial charge in [-0.1, -0.05) is 12.1 Å². The van der Waals surface area contributed by atoms with E-state index in [0.29, 0.717) is 12.3 Å². The number of nitrogens with zero attached hydrogens (tertiary/aromatic N) is 3. The fraction of sp³-hybridized carbons (Fsp3) is 0.273. The highest BCUT2D eigenvalue weighted by Gasteiger charge is 2.61. The van der Waals surface area contributed by atoms with Crippen LogP contribution in [0.15, 0.2) is 42.6 Å². The van der Waals surface area contributed by atoms with Gasteiger partial charge in [0.2, 0.25) is 11.4 Å². The third-order valence-electron chi connectivity index (χ3n) is 6.00. The predicted octanol–water partition coefficient (Wildman–Crippen LogP) is 0.424. The summed E-state index contributed by atoms with van der Waals surface area (Å²) in [5.41, 5.74) is -0.877. The topological polar surface area (TPSA) is 162 Å². The molecule has 8 amide bonds. The lowest BCUT2D eigenvalue weighted by molar-refractivity contribution is -0.136. The Morgan fingerprint density at radius 3 is 2.34 bits per heavy atom. The number of likely N-dealkylation sites (tertiary alicyclic amines) is 1. The molecular formula is C22H21N7O6. The molecule has 2 aromatic rings. The summed E-state index contributed by atoms with van der Waals surface area (Å²) in [6.45, 7) is 1.66. The van der Waals surface area contributed by atoms with E-state index in [1.54, 1.807) is 17.0 Å². The van der Waals surface area contributed by atoms with Crippen LogP contribution < -0.4 is 30.9 Å². The lowest BCUT2D eigenvalue weighted by Gasteiger charge is -2.35. The van der Waals surface area contributed by atoms with E-state index in [1.807, 2.05) is 22.8 Å². The van der Waals surface area contributed by atoms with E-state index < -0.39 is 29.4 Å². The highest BCUT2D eigenvalue weighted by Crippen LogP contribution is 2.31. The Labute approximate surface area is 198 Å². The van der Waals surface area contributed by atoms with Crippen LogP contribution in [-0.2, 0) is 16.1 Å². The highest BCUT2D eigenvalue weighted by molar-refractivity contribution is 6.28. The van der Waals surface area contributed by atoms with Crippen LogP contribution in [0.25, 0.3) is 0 Å². The van der Waals surface area contributed by atoms with Crippen molar-refractivity contribution in [2.24, 2.45) is 0 Å². The number of pyridine rings is 1. The summed E-state index contributed by atoms with van der Waals surface area (Å²) in [5, 5.41) is 9.37. The molecule has 3 saturated heterocycles. The summed E-state index contributed by atoms with van der Waals surface area (Å²) in [5.74, 6) is -1.10. The number of benzene rings is 1. The first-order valence-electron chi connectivity index (χ1n) is 10.9. The molecule has 35 heavy (non-hydrogen) atoms. The lowest BCUT2D eigenvalue weighted by Crippen LogP contribution is -2.73. The number of nitrogens with one attached hydrogen (secondary N) is 4. The Bertz CT molecular complexity index is 1190. The first-order valence-corrected chi connectivity index (χ1v) is 10.9. The van der Waals surface area contributed by atoms with E-state index in [-0.39, 0.29) is 24.1 Å². The van der Waals surface area contributed by atoms with Crippen LogP contribution in [0.1, 0.15) is 12.0 Å². The molecule has 1 spiro atoms. The van der Waals surface area contributed by atoms with E-state index in [0.717, 1.165) is 30.0 Å². The van der Waals surface area contributed by atoms with Gasteiger partial charge in [0.15, 0.2) is 0 Å². The first kappa shape index (κ1) is 22.1. The molecule has 13 nitrogen and oxygen atoms in total. The smallest absolute Gasteiger partial charge is 0.328 e. The normalized spacial score (nSPS) is 18.5. The van der Waals surface area contributed by atoms with Crippen LogP contribution in [0.4, 0.5) is 20.1 Å². The number of rotatable bonds is 5. The number of anilines is 1. The summed E-state index contributed by atoms with van der Waals surface area (Å²) in [4.78, 5) is 67.8. The summed E-state index contributed by atoms with van der Waals surface area (Å²) in [7, 11) is 0. The summed E-state index contributed by atoms with van der Waals surface area (Å²) >= 11 is 0. The van der Waals surface area contributed by atoms with Gasteiger partial charge in [-0.3, -0.25) is 25.1 Å². The van der Waals surface area contributed by atoms with Gasteiger partial charge in [-0.15, -0.1) is 0 Å². The molecule has 0 atom stereocenters. The third-order valence-corrected chi connectivity index (χ3v) is 6.00. The number of imide groups is 2. The van der Waals surface area contributed by atoms with E-state index >= 15 is 0 Å². The molecule has 3 fully saturated rings. The standard InChI is InChI=1S/C22H21N7O6/c30-17-22(18(31)27-19(32)26-17)12-25-21(34)29(22)14-4-7-16(23-11-14)35-15-5-2-13(3-6-15)10-24-20(33)28-8-1-9-28/h2-7,11H,1,8-10,12H2,(H,24,33)(H,25,34)(H2,26,27,30,31,32). The van der Waals surface area contributed by atoms with Crippen molar-refractivity contribution in [2.45, 2.75) is 18.5 Å². The van der Waals surface area contributed by atoms with E-state index in [1.165, 1.54) is 18.3 Å². The minimum atomic E-state index is -1.95. The number of ether oxygens (including phenoxy) is 1. The van der Waals surface area contributed by atoms with Crippen LogP contribution >= 0.6 is 0 Å². The third kappa shape index (κ3) is 3.96. The van der Waals surface area contributed by atoms with Crippen LogP contribution in [-0.4, -0.2) is 65.0 Å². The molecule has 180 valence electrons. The first-order chi connectivity index (χ1) is 16.9. The van der Waals surface area contributed by atoms with Crippen molar-refractivity contribution < 1.29 is 28.7 Å². The molecule has 0 aliphatic carbocycles. The minimum Gasteiger partial charge on any atom is -0.439 e. The fourth-order valence-electron chi connectivity index (χ4n) is 3.95. The van der Waals surface area contributed by atoms with Crippen molar-refractivity contribution in [3.8, 4) is 11.6 Å². The average Bonchev–Trinajstić information content (AvgIpc) is 3.15. The van der Waals surface area contributed by atoms with Crippen molar-refractivity contribution >= 4 is 35.6 Å². The average molecular weight is 479 g/mol. The Balaban J connectivity index is 1.25. The number of carbonyl (C=O) groups is 5. The quantitative estimate of drug-likeness (QED) is 0.452. The molecule has 13 heteroatoms. The van der Waals surface area contributed by atoms with Crippen molar-refractivity contribution in [3.63, 3.8) is 0 Å². The maximum absolute atomic E-state index is 12.5. The number of hydrogen-bond donors (Lipinski definition) is 4. The van der Waals surface area contributed by atoms with Crippen LogP contribution in [0.5, 0.6) is 11.6 Å². The SMILES string of the molecule is O=C1NC(=O)C2(CNC(=O)N2c2ccc(Oc3ccc(CNC(=O)N4CCC4)cc3)nc2)C(=O)N1. The Morgan fingerprint density at radius 1 is 1.03 bits per heavy atom. The second-order valence-electron chi connectivity index (χ2n) is 8.19. The molecule has 0 saturated carbocycles. The molecule has 0 radical (unpaired) electrons. The predicted molar refractivity (Wildman–Crippen MR) is 119 cm³/mol. The number of aromatic nitrogens is 1. The largest absolute Gasteiger partial charge is 0.439 e. The zero-order valence-corrected chi connectivity index (χ0v) is 18.4. The Morgan fingerprint density at radius 2 is 1.74 bits per heavy atom. The molecule has 3 aliphatic heterocycles. The van der Waals surface area contributed by atoms with E-state index in [9.17, 15) is 24.0 Å². The summed E-state index contributed by atoms with van der Waals surface area (Å²) in [6, 6.07) is 8.36. The Kier molecular flexibility index (Phi) is 5.43. The summed E-state index contributed by atoms with van der Waals surface area (Å²) in [6.07, 6.45) is 2.32. The van der Waals surface area contributed by atoms with Gasteiger partial charge in [0, 0.05) is 25.7 Å². The molecule has 1 aromatic carbocycles. The molecule has 0 bridgehead atoms. The van der Waals surface area contributed by atoms with Crippen molar-refractivity contribution in [3.05, 3.63) is 48.2 Å². The zero-order valence-electron chi connectivity index (χ0n) is 18.4. The van der Waals surface area contributed by atoms with Gasteiger partial charge in [0.25, 0.3) is 11.8 Å². The van der Waals surface area contributed by atoms with E-state index in [4.69, 9.17) is 4.74 Å². The molecule has 4 N–H and O–H groups in total. The second kappa shape index (κ2) is 8.59. The van der Waals surface area contributed by atoms with Gasteiger partial charge in [-0.2, -0.15) is 0 Å². The van der Waals surface area contributed by atoms with Crippen LogP contribution in [0, 0.1) is 0 Å². The Hall–Kier alpha value is -4.68. The van der Waals surface area contributed by atoms with Crippen molar-refractivity contribution in [2.75, 3.05) is 24.5 Å². The second-order valence-corrected chi connectivity index (χ2v) is 8.19. The van der Waals surface area contributed by atoms with Gasteiger partial charge in [-0.25, -0.2) is 19.4 Å². The summed E-state index contributed by atoms with van der Waals surface area (Å²) < 4.78 is 5.73. The van der Waals surface area contributed by atoms with Gasteiger partial charge in [0.05, 0.1) is 18.4 Å². The molecule has 3 aliphatic rings. The van der Waals surface area contributed by atoms with Gasteiger partial charge in [0.1, 0.15) is 5.75 Å². The monoisotopic (exact) mass is 479 g/mol. The van der Waals surface area contributed by atoms with E-state index in [2.05, 4.69) is 15.6 Å². The van der Waals surface area contributed by atoms with Crippen molar-refractivity contribution in [1.82, 2.24) is 31.2 Å². The molecule has 1 aromatic heterocycles. The zero-order chi connectivity index (χ0) is 24.6. The number of carbonyl (C=O) groups excluding carboxylic acids is 5.